The molecule has 0 bridgehead atoms. The Labute approximate surface area is 141 Å². The van der Waals surface area contributed by atoms with Crippen molar-refractivity contribution in [2.75, 3.05) is 6.61 Å². The first-order chi connectivity index (χ1) is 11.9. The molecular formula is C16H14FN3O5. The lowest BCUT2D eigenvalue weighted by atomic mass is 10.1. The van der Waals surface area contributed by atoms with Crippen molar-refractivity contribution in [3.05, 3.63) is 69.5 Å². The topological polar surface area (TPSA) is 111 Å². The second-order valence-corrected chi connectivity index (χ2v) is 5.00. The molecule has 0 aliphatic carbocycles. The lowest BCUT2D eigenvalue weighted by molar-refractivity contribution is -0.385. The van der Waals surface area contributed by atoms with Crippen LogP contribution >= 0.6 is 0 Å². The van der Waals surface area contributed by atoms with Gasteiger partial charge in [0.15, 0.2) is 6.61 Å². The van der Waals surface area contributed by atoms with Crippen molar-refractivity contribution in [2.24, 2.45) is 0 Å². The second-order valence-electron chi connectivity index (χ2n) is 5.00. The van der Waals surface area contributed by atoms with E-state index >= 15 is 0 Å². The molecule has 2 amide bonds. The first kappa shape index (κ1) is 17.9. The monoisotopic (exact) mass is 347 g/mol. The van der Waals surface area contributed by atoms with Crippen LogP contribution in [0, 0.1) is 22.9 Å². The van der Waals surface area contributed by atoms with Crippen LogP contribution in [0.25, 0.3) is 0 Å². The summed E-state index contributed by atoms with van der Waals surface area (Å²) < 4.78 is 17.9. The number of amides is 2. The Hall–Kier alpha value is -3.49. The smallest absolute Gasteiger partial charge is 0.276 e. The van der Waals surface area contributed by atoms with Crippen LogP contribution < -0.4 is 15.6 Å². The quantitative estimate of drug-likeness (QED) is 0.634. The van der Waals surface area contributed by atoms with Gasteiger partial charge in [-0.05, 0) is 43.3 Å². The van der Waals surface area contributed by atoms with Gasteiger partial charge >= 0.3 is 0 Å². The van der Waals surface area contributed by atoms with E-state index in [1.54, 1.807) is 0 Å². The van der Waals surface area contributed by atoms with Gasteiger partial charge in [-0.1, -0.05) is 0 Å². The number of ether oxygens (including phenoxy) is 1. The largest absolute Gasteiger partial charge is 0.484 e. The minimum absolute atomic E-state index is 0.103. The van der Waals surface area contributed by atoms with Gasteiger partial charge in [0.2, 0.25) is 0 Å². The standard InChI is InChI=1S/C16H14FN3O5/c1-10-8-11(2-7-14(10)20(23)24)16(22)19-18-15(21)9-25-13-5-3-12(17)4-6-13/h2-8H,9H2,1H3,(H,18,21)(H,19,22). The molecule has 2 aromatic carbocycles. The molecule has 130 valence electrons. The van der Waals surface area contributed by atoms with Gasteiger partial charge in [0.1, 0.15) is 11.6 Å². The molecule has 0 saturated heterocycles. The molecule has 0 aliphatic heterocycles. The third-order valence-electron chi connectivity index (χ3n) is 3.15. The van der Waals surface area contributed by atoms with E-state index in [-0.39, 0.29) is 17.9 Å². The van der Waals surface area contributed by atoms with Gasteiger partial charge in [0.05, 0.1) is 4.92 Å². The van der Waals surface area contributed by atoms with Gasteiger partial charge in [0, 0.05) is 17.2 Å². The Morgan fingerprint density at radius 2 is 1.84 bits per heavy atom. The minimum Gasteiger partial charge on any atom is -0.484 e. The van der Waals surface area contributed by atoms with Gasteiger partial charge in [-0.25, -0.2) is 4.39 Å². The van der Waals surface area contributed by atoms with Crippen LogP contribution in [-0.4, -0.2) is 23.3 Å². The van der Waals surface area contributed by atoms with Crippen molar-refractivity contribution in [3.8, 4) is 5.75 Å². The Kier molecular flexibility index (Phi) is 5.62. The number of benzene rings is 2. The molecule has 2 N–H and O–H groups in total. The second kappa shape index (κ2) is 7.86. The van der Waals surface area contributed by atoms with Crippen molar-refractivity contribution >= 4 is 17.5 Å². The molecule has 9 heteroatoms. The van der Waals surface area contributed by atoms with Crippen LogP contribution in [0.1, 0.15) is 15.9 Å². The van der Waals surface area contributed by atoms with Crippen LogP contribution in [0.4, 0.5) is 10.1 Å². The number of carbonyl (C=O) groups is 2. The summed E-state index contributed by atoms with van der Waals surface area (Å²) in [5.41, 5.74) is 4.69. The van der Waals surface area contributed by atoms with E-state index in [0.29, 0.717) is 11.3 Å². The van der Waals surface area contributed by atoms with E-state index in [2.05, 4.69) is 10.9 Å². The summed E-state index contributed by atoms with van der Waals surface area (Å²) in [6.45, 7) is 1.12. The predicted octanol–water partition coefficient (Wildman–Crippen LogP) is 1.88. The number of nitro benzene ring substituents is 1. The molecular weight excluding hydrogens is 333 g/mol. The molecule has 0 aliphatic rings. The molecule has 0 unspecified atom stereocenters. The lowest BCUT2D eigenvalue weighted by Gasteiger charge is -2.09. The maximum absolute atomic E-state index is 12.7. The highest BCUT2D eigenvalue weighted by atomic mass is 19.1. The fraction of sp³-hybridized carbons (Fsp3) is 0.125. The molecule has 25 heavy (non-hydrogen) atoms. The maximum Gasteiger partial charge on any atom is 0.276 e. The van der Waals surface area contributed by atoms with E-state index in [0.717, 1.165) is 0 Å². The van der Waals surface area contributed by atoms with Crippen molar-refractivity contribution in [1.82, 2.24) is 10.9 Å². The average Bonchev–Trinajstić information content (AvgIpc) is 2.58. The highest BCUT2D eigenvalue weighted by Gasteiger charge is 2.14. The van der Waals surface area contributed by atoms with Gasteiger partial charge in [-0.2, -0.15) is 0 Å². The number of hydrogen-bond acceptors (Lipinski definition) is 5. The summed E-state index contributed by atoms with van der Waals surface area (Å²) in [6, 6.07) is 8.93. The summed E-state index contributed by atoms with van der Waals surface area (Å²) in [6.07, 6.45) is 0. The van der Waals surface area contributed by atoms with Crippen LogP contribution in [0.3, 0.4) is 0 Å². The SMILES string of the molecule is Cc1cc(C(=O)NNC(=O)COc2ccc(F)cc2)ccc1[N+](=O)[O-]. The fourth-order valence-electron chi connectivity index (χ4n) is 1.92. The van der Waals surface area contributed by atoms with Gasteiger partial charge < -0.3 is 4.74 Å². The van der Waals surface area contributed by atoms with Crippen molar-refractivity contribution in [1.29, 1.82) is 0 Å². The Morgan fingerprint density at radius 3 is 2.44 bits per heavy atom. The molecule has 8 nitrogen and oxygen atoms in total. The zero-order valence-electron chi connectivity index (χ0n) is 13.1. The highest BCUT2D eigenvalue weighted by molar-refractivity contribution is 5.95. The van der Waals surface area contributed by atoms with E-state index in [4.69, 9.17) is 4.74 Å². The number of carbonyl (C=O) groups excluding carboxylic acids is 2. The van der Waals surface area contributed by atoms with E-state index in [9.17, 15) is 24.1 Å². The zero-order chi connectivity index (χ0) is 18.4. The number of hydrogen-bond donors (Lipinski definition) is 2. The molecule has 0 saturated carbocycles. The molecule has 0 fully saturated rings. The van der Waals surface area contributed by atoms with Gasteiger partial charge in [-0.3, -0.25) is 30.6 Å². The molecule has 0 aromatic heterocycles. The van der Waals surface area contributed by atoms with Crippen LogP contribution in [0.2, 0.25) is 0 Å². The summed E-state index contributed by atoms with van der Waals surface area (Å²) in [7, 11) is 0. The summed E-state index contributed by atoms with van der Waals surface area (Å²) >= 11 is 0. The third kappa shape index (κ3) is 4.99. The number of nitro groups is 1. The Balaban J connectivity index is 1.84. The Morgan fingerprint density at radius 1 is 1.16 bits per heavy atom. The molecule has 2 rings (SSSR count). The number of nitrogens with zero attached hydrogens (tertiary/aromatic N) is 1. The number of rotatable bonds is 5. The van der Waals surface area contributed by atoms with Gasteiger partial charge in [0.25, 0.3) is 17.5 Å². The average molecular weight is 347 g/mol. The molecule has 0 spiro atoms. The summed E-state index contributed by atoms with van der Waals surface area (Å²) in [5.74, 6) is -1.39. The molecule has 2 aromatic rings. The van der Waals surface area contributed by atoms with Crippen molar-refractivity contribution in [2.45, 2.75) is 6.92 Å². The van der Waals surface area contributed by atoms with Crippen LogP contribution in [-0.2, 0) is 4.79 Å². The number of nitrogens with one attached hydrogen (secondary N) is 2. The van der Waals surface area contributed by atoms with E-state index < -0.39 is 22.6 Å². The molecule has 0 atom stereocenters. The van der Waals surface area contributed by atoms with E-state index in [1.165, 1.54) is 49.4 Å². The summed E-state index contributed by atoms with van der Waals surface area (Å²) in [5, 5.41) is 10.7. The molecule has 0 heterocycles. The zero-order valence-corrected chi connectivity index (χ0v) is 13.1. The van der Waals surface area contributed by atoms with Crippen LogP contribution in [0.15, 0.2) is 42.5 Å². The first-order valence-corrected chi connectivity index (χ1v) is 7.09. The normalized spacial score (nSPS) is 10.0. The highest BCUT2D eigenvalue weighted by Crippen LogP contribution is 2.18. The number of halogens is 1. The van der Waals surface area contributed by atoms with Crippen LogP contribution in [0.5, 0.6) is 5.75 Å². The predicted molar refractivity (Wildman–Crippen MR) is 85.3 cm³/mol. The van der Waals surface area contributed by atoms with E-state index in [1.807, 2.05) is 0 Å². The number of hydrazine groups is 1. The minimum atomic E-state index is -0.631. The maximum atomic E-state index is 12.7. The fourth-order valence-corrected chi connectivity index (χ4v) is 1.92. The van der Waals surface area contributed by atoms with Crippen molar-refractivity contribution < 1.29 is 23.6 Å². The third-order valence-corrected chi connectivity index (χ3v) is 3.15. The van der Waals surface area contributed by atoms with Gasteiger partial charge in [-0.15, -0.1) is 0 Å². The first-order valence-electron chi connectivity index (χ1n) is 7.09. The number of aryl methyl sites for hydroxylation is 1. The lowest BCUT2D eigenvalue weighted by Crippen LogP contribution is -2.43. The van der Waals surface area contributed by atoms with Crippen molar-refractivity contribution in [3.63, 3.8) is 0 Å². The summed E-state index contributed by atoms with van der Waals surface area (Å²) in [4.78, 5) is 33.7. The Bertz CT molecular complexity index is 808. The molecule has 0 radical (unpaired) electrons.